The van der Waals surface area contributed by atoms with Crippen LogP contribution in [0.25, 0.3) is 0 Å². The Hall–Kier alpha value is -5.16. The molecule has 0 unspecified atom stereocenters. The second-order valence-electron chi connectivity index (χ2n) is 14.2. The molecule has 0 radical (unpaired) electrons. The van der Waals surface area contributed by atoms with Crippen LogP contribution in [0.1, 0.15) is 124 Å². The summed E-state index contributed by atoms with van der Waals surface area (Å²) < 4.78 is 20.6. The Morgan fingerprint density at radius 2 is 1.34 bits per heavy atom. The molecule has 1 aromatic rings. The van der Waals surface area contributed by atoms with E-state index >= 15 is 0 Å². The zero-order valence-corrected chi connectivity index (χ0v) is 34.7. The van der Waals surface area contributed by atoms with Crippen molar-refractivity contribution in [3.8, 4) is 17.6 Å². The molecule has 0 saturated heterocycles. The van der Waals surface area contributed by atoms with Gasteiger partial charge in [-0.3, -0.25) is 28.8 Å². The largest absolute Gasteiger partial charge is 0.481 e. The van der Waals surface area contributed by atoms with Crippen molar-refractivity contribution in [2.24, 2.45) is 5.92 Å². The first-order valence-corrected chi connectivity index (χ1v) is 19.9. The minimum Gasteiger partial charge on any atom is -0.481 e. The van der Waals surface area contributed by atoms with E-state index in [1.165, 1.54) is 25.5 Å². The minimum atomic E-state index is -2.98. The first-order valence-electron chi connectivity index (χ1n) is 19.9. The summed E-state index contributed by atoms with van der Waals surface area (Å²) in [5, 5.41) is 14.4. The number of ether oxygens (including phenoxy) is 4. The van der Waals surface area contributed by atoms with E-state index in [0.29, 0.717) is 37.0 Å². The van der Waals surface area contributed by atoms with E-state index in [0.717, 1.165) is 58.8 Å². The average Bonchev–Trinajstić information content (AvgIpc) is 3.17. The summed E-state index contributed by atoms with van der Waals surface area (Å²) in [6, 6.07) is 5.06. The van der Waals surface area contributed by atoms with Crippen LogP contribution in [0.15, 0.2) is 36.4 Å². The molecule has 0 bridgehead atoms. The van der Waals surface area contributed by atoms with Crippen LogP contribution in [0, 0.1) is 17.8 Å². The molecular formula is C44H61NO13. The van der Waals surface area contributed by atoms with Gasteiger partial charge in [-0.15, -0.1) is 5.92 Å². The van der Waals surface area contributed by atoms with Crippen LogP contribution in [-0.2, 0) is 59.0 Å². The summed E-state index contributed by atoms with van der Waals surface area (Å²) in [5.74, 6) is -2.08. The van der Waals surface area contributed by atoms with Crippen LogP contribution in [0.3, 0.4) is 0 Å². The summed E-state index contributed by atoms with van der Waals surface area (Å²) in [5.41, 5.74) is -2.45. The van der Waals surface area contributed by atoms with E-state index in [1.807, 2.05) is 0 Å². The number of rotatable bonds is 31. The summed E-state index contributed by atoms with van der Waals surface area (Å²) in [4.78, 5) is 101. The molecule has 0 heterocycles. The Labute approximate surface area is 342 Å². The maximum Gasteiger partial charge on any atom is 0.340 e. The fourth-order valence-electron chi connectivity index (χ4n) is 5.62. The molecule has 1 amide bonds. The molecule has 3 atom stereocenters. The van der Waals surface area contributed by atoms with Gasteiger partial charge in [-0.2, -0.15) is 0 Å². The third kappa shape index (κ3) is 22.0. The number of carbonyl (C=O) groups is 8. The molecule has 0 spiro atoms. The number of hydrogen-bond donors (Lipinski definition) is 2. The van der Waals surface area contributed by atoms with Crippen molar-refractivity contribution in [3.05, 3.63) is 42.0 Å². The number of benzene rings is 1. The Kier molecular flexibility index (Phi) is 25.5. The fraction of sp³-hybridized carbons (Fsp3) is 0.591. The molecule has 0 aliphatic carbocycles. The Bertz CT molecular complexity index is 1600. The summed E-state index contributed by atoms with van der Waals surface area (Å²) in [6.07, 6.45) is 11.2. The lowest BCUT2D eigenvalue weighted by molar-refractivity contribution is -0.179. The predicted molar refractivity (Wildman–Crippen MR) is 214 cm³/mol. The Morgan fingerprint density at radius 1 is 0.776 bits per heavy atom. The van der Waals surface area contributed by atoms with E-state index in [1.54, 1.807) is 31.2 Å². The van der Waals surface area contributed by atoms with Crippen LogP contribution in [0.5, 0.6) is 5.75 Å². The van der Waals surface area contributed by atoms with Gasteiger partial charge in [0, 0.05) is 19.3 Å². The first-order chi connectivity index (χ1) is 27.6. The molecule has 0 aliphatic heterocycles. The number of hydrogen-bond acceptors (Lipinski definition) is 13. The highest BCUT2D eigenvalue weighted by atomic mass is 16.6. The van der Waals surface area contributed by atoms with Gasteiger partial charge in [0.15, 0.2) is 23.0 Å². The van der Waals surface area contributed by atoms with Crippen molar-refractivity contribution >= 4 is 46.9 Å². The minimum absolute atomic E-state index is 0.154. The van der Waals surface area contributed by atoms with E-state index in [2.05, 4.69) is 24.1 Å². The van der Waals surface area contributed by atoms with E-state index < -0.39 is 85.0 Å². The van der Waals surface area contributed by atoms with Gasteiger partial charge in [0.2, 0.25) is 5.91 Å². The number of unbranched alkanes of at least 4 members (excludes halogenated alkanes) is 8. The zero-order chi connectivity index (χ0) is 43.3. The molecule has 2 N–H and O–H groups in total. The molecule has 0 saturated carbocycles. The van der Waals surface area contributed by atoms with Crippen molar-refractivity contribution < 1.29 is 62.4 Å². The fourth-order valence-corrected chi connectivity index (χ4v) is 5.62. The molecule has 0 fully saturated rings. The van der Waals surface area contributed by atoms with Crippen LogP contribution in [0.2, 0.25) is 0 Å². The summed E-state index contributed by atoms with van der Waals surface area (Å²) >= 11 is 0. The number of Topliss-reactive ketones (excluding diaryl/α,β-unsaturated/α-hetero) is 4. The number of aliphatic hydroxyl groups is 1. The Balaban J connectivity index is 3.36. The molecule has 58 heavy (non-hydrogen) atoms. The molecule has 14 nitrogen and oxygen atoms in total. The number of carbonyl (C=O) groups excluding carboxylic acids is 8. The van der Waals surface area contributed by atoms with Gasteiger partial charge in [0.1, 0.15) is 44.0 Å². The summed E-state index contributed by atoms with van der Waals surface area (Å²) in [6.45, 7) is 5.41. The van der Waals surface area contributed by atoms with Crippen LogP contribution in [0.4, 0.5) is 0 Å². The molecule has 14 heteroatoms. The van der Waals surface area contributed by atoms with Crippen molar-refractivity contribution in [2.45, 2.75) is 136 Å². The van der Waals surface area contributed by atoms with Gasteiger partial charge < -0.3 is 29.4 Å². The third-order valence-corrected chi connectivity index (χ3v) is 8.74. The number of allylic oxidation sites excluding steroid dienone is 1. The standard InChI is InChI=1S/C44H61NO13/c1-6-8-10-13-16-19-36(49)20-17-14-11-12-15-18-21-38(44(54,43(53)58-31-34(5)48)28-40(50)56-29-32(3)46)41(51)45-39(42(52)57-30-33(4)47)27-35-22-24-37(25-23-35)55-26-9-7-2/h18,21-25,38-39,54H,6,8,10-17,19-20,26-31H2,1-5H3,(H,45,51)/b21-18+/t38-,39+,44+/m1/s1. The second-order valence-corrected chi connectivity index (χ2v) is 14.2. The second kappa shape index (κ2) is 29.1. The van der Waals surface area contributed by atoms with E-state index in [9.17, 15) is 43.5 Å². The SMILES string of the molecule is CC#CCOc1ccc(C[C@H](NC(=O)[C@@H](/C=C/CCCCCCC(=O)CCCCCCC)[C@@](O)(CC(=O)OCC(C)=O)C(=O)OCC(C)=O)C(=O)OCC(C)=O)cc1. The van der Waals surface area contributed by atoms with Crippen LogP contribution < -0.4 is 10.1 Å². The van der Waals surface area contributed by atoms with E-state index in [-0.39, 0.29) is 18.8 Å². The first kappa shape index (κ1) is 50.9. The highest BCUT2D eigenvalue weighted by molar-refractivity contribution is 5.96. The molecule has 0 aromatic heterocycles. The zero-order valence-electron chi connectivity index (χ0n) is 34.7. The maximum atomic E-state index is 14.2. The van der Waals surface area contributed by atoms with Gasteiger partial charge in [0.25, 0.3) is 0 Å². The maximum absolute atomic E-state index is 14.2. The normalized spacial score (nSPS) is 12.9. The van der Waals surface area contributed by atoms with Gasteiger partial charge in [0.05, 0.1) is 12.3 Å². The lowest BCUT2D eigenvalue weighted by Crippen LogP contribution is -2.56. The average molecular weight is 812 g/mol. The van der Waals surface area contributed by atoms with Crippen molar-refractivity contribution in [3.63, 3.8) is 0 Å². The highest BCUT2D eigenvalue weighted by Crippen LogP contribution is 2.28. The van der Waals surface area contributed by atoms with Crippen molar-refractivity contribution in [2.75, 3.05) is 26.4 Å². The Morgan fingerprint density at radius 3 is 1.93 bits per heavy atom. The number of nitrogens with one attached hydrogen (secondary N) is 1. The smallest absolute Gasteiger partial charge is 0.340 e. The van der Waals surface area contributed by atoms with Crippen LogP contribution in [-0.4, -0.2) is 90.1 Å². The monoisotopic (exact) mass is 811 g/mol. The number of amides is 1. The molecule has 320 valence electrons. The van der Waals surface area contributed by atoms with Crippen LogP contribution >= 0.6 is 0 Å². The van der Waals surface area contributed by atoms with Crippen molar-refractivity contribution in [1.29, 1.82) is 0 Å². The quantitative estimate of drug-likeness (QED) is 0.0331. The predicted octanol–water partition coefficient (Wildman–Crippen LogP) is 5.08. The summed E-state index contributed by atoms with van der Waals surface area (Å²) in [7, 11) is 0. The van der Waals surface area contributed by atoms with E-state index in [4.69, 9.17) is 18.9 Å². The molecule has 1 rings (SSSR count). The van der Waals surface area contributed by atoms with Gasteiger partial charge in [-0.1, -0.05) is 75.7 Å². The van der Waals surface area contributed by atoms with Gasteiger partial charge in [-0.05, 0) is 71.1 Å². The lowest BCUT2D eigenvalue weighted by Gasteiger charge is -2.31. The molecule has 1 aromatic carbocycles. The highest BCUT2D eigenvalue weighted by Gasteiger charge is 2.51. The number of ketones is 4. The molecular weight excluding hydrogens is 750 g/mol. The van der Waals surface area contributed by atoms with Gasteiger partial charge in [-0.25, -0.2) is 9.59 Å². The third-order valence-electron chi connectivity index (χ3n) is 8.74. The van der Waals surface area contributed by atoms with Crippen molar-refractivity contribution in [1.82, 2.24) is 5.32 Å². The lowest BCUT2D eigenvalue weighted by atomic mass is 9.82. The number of esters is 3. The topological polar surface area (TPSA) is 206 Å². The molecule has 0 aliphatic rings. The van der Waals surface area contributed by atoms with Gasteiger partial charge >= 0.3 is 17.9 Å².